The van der Waals surface area contributed by atoms with E-state index in [-0.39, 0.29) is 11.9 Å². The molecule has 1 aliphatic heterocycles. The minimum absolute atomic E-state index is 0.0752. The summed E-state index contributed by atoms with van der Waals surface area (Å²) in [5.41, 5.74) is 0.678. The second-order valence-corrected chi connectivity index (χ2v) is 6.21. The smallest absolute Gasteiger partial charge is 0.254 e. The summed E-state index contributed by atoms with van der Waals surface area (Å²) in [6.07, 6.45) is 3.76. The molecule has 1 saturated heterocycles. The Morgan fingerprint density at radius 3 is 2.68 bits per heavy atom. The maximum absolute atomic E-state index is 12.4. The van der Waals surface area contributed by atoms with Gasteiger partial charge in [-0.1, -0.05) is 0 Å². The summed E-state index contributed by atoms with van der Waals surface area (Å²) in [6.45, 7) is 1.66. The predicted octanol–water partition coefficient (Wildman–Crippen LogP) is 1.25. The topological polar surface area (TPSA) is 49.4 Å². The normalized spacial score (nSPS) is 20.5. The lowest BCUT2D eigenvalue weighted by Crippen LogP contribution is -2.40. The van der Waals surface area contributed by atoms with Gasteiger partial charge in [0.15, 0.2) is 0 Å². The summed E-state index contributed by atoms with van der Waals surface area (Å²) in [4.78, 5) is 15.1. The molecule has 19 heavy (non-hydrogen) atoms. The number of benzene rings is 1. The molecule has 5 heteroatoms. The minimum Gasteiger partial charge on any atom is -0.334 e. The molecule has 4 nitrogen and oxygen atoms in total. The van der Waals surface area contributed by atoms with E-state index in [0.717, 1.165) is 30.8 Å². The molecule has 0 aliphatic carbocycles. The number of rotatable bonds is 4. The molecule has 0 spiro atoms. The summed E-state index contributed by atoms with van der Waals surface area (Å²) >= 11 is 0. The molecule has 0 unspecified atom stereocenters. The summed E-state index contributed by atoms with van der Waals surface area (Å²) in [6, 6.07) is 7.37. The van der Waals surface area contributed by atoms with Crippen molar-refractivity contribution in [3.8, 4) is 0 Å². The molecule has 1 aromatic carbocycles. The first kappa shape index (κ1) is 14.2. The van der Waals surface area contributed by atoms with Gasteiger partial charge in [0.05, 0.1) is 0 Å². The van der Waals surface area contributed by atoms with E-state index < -0.39 is 10.8 Å². The molecule has 1 fully saturated rings. The summed E-state index contributed by atoms with van der Waals surface area (Å²) < 4.78 is 11.3. The van der Waals surface area contributed by atoms with Gasteiger partial charge in [0.1, 0.15) is 0 Å². The van der Waals surface area contributed by atoms with Crippen LogP contribution in [0.25, 0.3) is 0 Å². The Labute approximate surface area is 116 Å². The number of nitrogens with zero attached hydrogens (tertiary/aromatic N) is 1. The molecular weight excluding hydrogens is 260 g/mol. The van der Waals surface area contributed by atoms with Crippen molar-refractivity contribution < 1.29 is 9.00 Å². The highest BCUT2D eigenvalue weighted by Crippen LogP contribution is 2.20. The maximum atomic E-state index is 12.4. The van der Waals surface area contributed by atoms with Crippen LogP contribution in [-0.2, 0) is 10.8 Å². The zero-order chi connectivity index (χ0) is 13.8. The molecule has 0 saturated carbocycles. The Morgan fingerprint density at radius 1 is 1.42 bits per heavy atom. The van der Waals surface area contributed by atoms with Crippen molar-refractivity contribution in [3.05, 3.63) is 29.8 Å². The van der Waals surface area contributed by atoms with Crippen LogP contribution in [0.1, 0.15) is 23.2 Å². The fourth-order valence-corrected chi connectivity index (χ4v) is 3.03. The van der Waals surface area contributed by atoms with Crippen LogP contribution in [0.5, 0.6) is 0 Å². The SMILES string of the molecule is CNC[C@@H]1CCCN1C(=O)c1ccc([S@@](C)=O)cc1. The molecule has 0 radical (unpaired) electrons. The number of carbonyl (C=O) groups is 1. The van der Waals surface area contributed by atoms with E-state index in [9.17, 15) is 9.00 Å². The fraction of sp³-hybridized carbons (Fsp3) is 0.500. The third-order valence-corrected chi connectivity index (χ3v) is 4.45. The molecule has 0 aromatic heterocycles. The molecule has 1 heterocycles. The Bertz CT molecular complexity index is 473. The van der Waals surface area contributed by atoms with Gasteiger partial charge in [0.2, 0.25) is 0 Å². The van der Waals surface area contributed by atoms with Gasteiger partial charge in [0.25, 0.3) is 5.91 Å². The quantitative estimate of drug-likeness (QED) is 0.903. The molecule has 1 aromatic rings. The van der Waals surface area contributed by atoms with Crippen molar-refractivity contribution >= 4 is 16.7 Å². The van der Waals surface area contributed by atoms with Gasteiger partial charge in [0, 0.05) is 46.6 Å². The Morgan fingerprint density at radius 2 is 2.11 bits per heavy atom. The van der Waals surface area contributed by atoms with E-state index >= 15 is 0 Å². The zero-order valence-corrected chi connectivity index (χ0v) is 12.2. The lowest BCUT2D eigenvalue weighted by molar-refractivity contribution is 0.0737. The van der Waals surface area contributed by atoms with Gasteiger partial charge in [-0.2, -0.15) is 0 Å². The van der Waals surface area contributed by atoms with E-state index in [4.69, 9.17) is 0 Å². The number of likely N-dealkylation sites (N-methyl/N-ethyl adjacent to an activating group) is 1. The average molecular weight is 280 g/mol. The zero-order valence-electron chi connectivity index (χ0n) is 11.4. The number of amides is 1. The monoisotopic (exact) mass is 280 g/mol. The van der Waals surface area contributed by atoms with Gasteiger partial charge in [-0.05, 0) is 44.2 Å². The first-order chi connectivity index (χ1) is 9.13. The van der Waals surface area contributed by atoms with Crippen molar-refractivity contribution in [2.24, 2.45) is 0 Å². The highest BCUT2D eigenvalue weighted by Gasteiger charge is 2.28. The third kappa shape index (κ3) is 3.22. The van der Waals surface area contributed by atoms with Crippen molar-refractivity contribution in [2.45, 2.75) is 23.8 Å². The van der Waals surface area contributed by atoms with Gasteiger partial charge in [-0.25, -0.2) is 0 Å². The van der Waals surface area contributed by atoms with Crippen molar-refractivity contribution in [2.75, 3.05) is 26.4 Å². The Kier molecular flexibility index (Phi) is 4.71. The van der Waals surface area contributed by atoms with Crippen molar-refractivity contribution in [1.29, 1.82) is 0 Å². The lowest BCUT2D eigenvalue weighted by Gasteiger charge is -2.24. The standard InChI is InChI=1S/C14H20N2O2S/c1-15-10-12-4-3-9-16(12)14(17)11-5-7-13(8-6-11)19(2)18/h5-8,12,15H,3-4,9-10H2,1-2H3/t12-,19+/m0/s1. The minimum atomic E-state index is -0.997. The number of nitrogens with one attached hydrogen (secondary N) is 1. The van der Waals surface area contributed by atoms with Gasteiger partial charge in [-0.3, -0.25) is 9.00 Å². The first-order valence-electron chi connectivity index (χ1n) is 6.52. The van der Waals surface area contributed by atoms with Gasteiger partial charge < -0.3 is 10.2 Å². The first-order valence-corrected chi connectivity index (χ1v) is 8.08. The van der Waals surface area contributed by atoms with Gasteiger partial charge >= 0.3 is 0 Å². The van der Waals surface area contributed by atoms with E-state index in [2.05, 4.69) is 5.32 Å². The molecule has 104 valence electrons. The lowest BCUT2D eigenvalue weighted by atomic mass is 10.1. The Hall–Kier alpha value is -1.20. The highest BCUT2D eigenvalue weighted by atomic mass is 32.2. The van der Waals surface area contributed by atoms with Gasteiger partial charge in [-0.15, -0.1) is 0 Å². The summed E-state index contributed by atoms with van der Waals surface area (Å²) in [5.74, 6) is 0.0752. The predicted molar refractivity (Wildman–Crippen MR) is 76.8 cm³/mol. The van der Waals surface area contributed by atoms with Crippen LogP contribution >= 0.6 is 0 Å². The largest absolute Gasteiger partial charge is 0.334 e. The number of carbonyl (C=O) groups excluding carboxylic acids is 1. The Balaban J connectivity index is 2.12. The maximum Gasteiger partial charge on any atom is 0.254 e. The molecule has 1 N–H and O–H groups in total. The van der Waals surface area contributed by atoms with Crippen LogP contribution in [0, 0.1) is 0 Å². The molecule has 1 amide bonds. The molecule has 2 atom stereocenters. The van der Waals surface area contributed by atoms with E-state index in [1.807, 2.05) is 11.9 Å². The van der Waals surface area contributed by atoms with Crippen LogP contribution in [-0.4, -0.2) is 47.5 Å². The van der Waals surface area contributed by atoms with E-state index in [1.165, 1.54) is 0 Å². The number of hydrogen-bond donors (Lipinski definition) is 1. The second-order valence-electron chi connectivity index (χ2n) is 4.83. The summed E-state index contributed by atoms with van der Waals surface area (Å²) in [5, 5.41) is 3.14. The average Bonchev–Trinajstić information content (AvgIpc) is 2.87. The molecule has 2 rings (SSSR count). The fourth-order valence-electron chi connectivity index (χ4n) is 2.51. The second kappa shape index (κ2) is 6.30. The number of likely N-dealkylation sites (tertiary alicyclic amines) is 1. The summed E-state index contributed by atoms with van der Waals surface area (Å²) in [7, 11) is 0.912. The van der Waals surface area contributed by atoms with E-state index in [0.29, 0.717) is 5.56 Å². The highest BCUT2D eigenvalue weighted by molar-refractivity contribution is 7.84. The third-order valence-electron chi connectivity index (χ3n) is 3.51. The molecule has 1 aliphatic rings. The number of hydrogen-bond acceptors (Lipinski definition) is 3. The van der Waals surface area contributed by atoms with E-state index in [1.54, 1.807) is 30.5 Å². The van der Waals surface area contributed by atoms with Crippen LogP contribution in [0.15, 0.2) is 29.2 Å². The van der Waals surface area contributed by atoms with Crippen molar-refractivity contribution in [3.63, 3.8) is 0 Å². The van der Waals surface area contributed by atoms with Crippen LogP contribution in [0.2, 0.25) is 0 Å². The molecule has 0 bridgehead atoms. The van der Waals surface area contributed by atoms with Crippen LogP contribution in [0.3, 0.4) is 0 Å². The van der Waals surface area contributed by atoms with Crippen molar-refractivity contribution in [1.82, 2.24) is 10.2 Å². The van der Waals surface area contributed by atoms with Crippen LogP contribution < -0.4 is 5.32 Å². The van der Waals surface area contributed by atoms with Crippen LogP contribution in [0.4, 0.5) is 0 Å². The molecular formula is C14H20N2O2S.